The van der Waals surface area contributed by atoms with Gasteiger partial charge in [-0.15, -0.1) is 11.3 Å². The Bertz CT molecular complexity index is 250. The Morgan fingerprint density at radius 1 is 1.69 bits per heavy atom. The fourth-order valence-corrected chi connectivity index (χ4v) is 1.87. The van der Waals surface area contributed by atoms with Crippen molar-refractivity contribution >= 4 is 11.3 Å². The Kier molecular flexibility index (Phi) is 4.35. The highest BCUT2D eigenvalue weighted by Crippen LogP contribution is 2.20. The maximum atomic E-state index is 8.84. The van der Waals surface area contributed by atoms with Gasteiger partial charge >= 0.3 is 0 Å². The van der Waals surface area contributed by atoms with E-state index in [4.69, 9.17) is 5.11 Å². The van der Waals surface area contributed by atoms with Gasteiger partial charge in [0.2, 0.25) is 0 Å². The Labute approximate surface area is 82.8 Å². The SMILES string of the molecule is CCCNC(C)c1cnc(CO)s1. The minimum atomic E-state index is 0.0468. The van der Waals surface area contributed by atoms with Gasteiger partial charge in [-0.2, -0.15) is 0 Å². The van der Waals surface area contributed by atoms with Crippen LogP contribution in [0, 0.1) is 0 Å². The van der Waals surface area contributed by atoms with Gasteiger partial charge in [-0.3, -0.25) is 0 Å². The molecule has 74 valence electrons. The normalized spacial score (nSPS) is 13.2. The Morgan fingerprint density at radius 2 is 2.46 bits per heavy atom. The lowest BCUT2D eigenvalue weighted by Gasteiger charge is -2.09. The van der Waals surface area contributed by atoms with Gasteiger partial charge in [-0.1, -0.05) is 6.92 Å². The molecule has 2 N–H and O–H groups in total. The summed E-state index contributed by atoms with van der Waals surface area (Å²) in [5, 5.41) is 13.0. The molecule has 0 aliphatic heterocycles. The average Bonchev–Trinajstić information content (AvgIpc) is 2.62. The molecular formula is C9H16N2OS. The number of hydrogen-bond donors (Lipinski definition) is 2. The van der Waals surface area contributed by atoms with Crippen molar-refractivity contribution in [2.24, 2.45) is 0 Å². The number of aliphatic hydroxyl groups excluding tert-OH is 1. The van der Waals surface area contributed by atoms with E-state index < -0.39 is 0 Å². The highest BCUT2D eigenvalue weighted by Gasteiger charge is 2.07. The molecule has 0 fully saturated rings. The molecule has 0 aliphatic carbocycles. The molecule has 0 spiro atoms. The lowest BCUT2D eigenvalue weighted by atomic mass is 10.3. The van der Waals surface area contributed by atoms with Crippen LogP contribution in [0.15, 0.2) is 6.20 Å². The molecule has 0 amide bonds. The molecule has 0 aliphatic rings. The van der Waals surface area contributed by atoms with E-state index in [1.165, 1.54) is 4.88 Å². The summed E-state index contributed by atoms with van der Waals surface area (Å²) in [5.74, 6) is 0. The number of nitrogens with zero attached hydrogens (tertiary/aromatic N) is 1. The molecule has 1 heterocycles. The average molecular weight is 200 g/mol. The molecule has 0 saturated heterocycles. The van der Waals surface area contributed by atoms with Crippen molar-refractivity contribution in [2.45, 2.75) is 32.9 Å². The third-order valence-corrected chi connectivity index (χ3v) is 3.00. The molecule has 1 aromatic rings. The molecular weight excluding hydrogens is 184 g/mol. The van der Waals surface area contributed by atoms with E-state index in [-0.39, 0.29) is 6.61 Å². The van der Waals surface area contributed by atoms with Crippen molar-refractivity contribution in [2.75, 3.05) is 6.54 Å². The van der Waals surface area contributed by atoms with E-state index in [2.05, 4.69) is 24.1 Å². The van der Waals surface area contributed by atoms with Crippen LogP contribution in [0.2, 0.25) is 0 Å². The van der Waals surface area contributed by atoms with Gasteiger partial charge in [0.05, 0.1) is 6.61 Å². The summed E-state index contributed by atoms with van der Waals surface area (Å²) in [5.41, 5.74) is 0. The summed E-state index contributed by atoms with van der Waals surface area (Å²) < 4.78 is 0. The molecule has 1 rings (SSSR count). The third kappa shape index (κ3) is 3.06. The van der Waals surface area contributed by atoms with Crippen LogP contribution in [0.3, 0.4) is 0 Å². The summed E-state index contributed by atoms with van der Waals surface area (Å²) in [6.45, 7) is 5.33. The number of hydrogen-bond acceptors (Lipinski definition) is 4. The van der Waals surface area contributed by atoms with Gasteiger partial charge in [0.15, 0.2) is 0 Å². The van der Waals surface area contributed by atoms with E-state index in [1.54, 1.807) is 11.3 Å². The summed E-state index contributed by atoms with van der Waals surface area (Å²) in [6.07, 6.45) is 2.97. The van der Waals surface area contributed by atoms with E-state index in [1.807, 2.05) is 6.20 Å². The maximum Gasteiger partial charge on any atom is 0.118 e. The van der Waals surface area contributed by atoms with Gasteiger partial charge in [0.25, 0.3) is 0 Å². The Hall–Kier alpha value is -0.450. The molecule has 0 radical (unpaired) electrons. The van der Waals surface area contributed by atoms with Crippen molar-refractivity contribution in [3.05, 3.63) is 16.1 Å². The fourth-order valence-electron chi connectivity index (χ4n) is 1.06. The third-order valence-electron chi connectivity index (χ3n) is 1.83. The second kappa shape index (κ2) is 5.32. The highest BCUT2D eigenvalue weighted by molar-refractivity contribution is 7.11. The number of aliphatic hydroxyl groups is 1. The fraction of sp³-hybridized carbons (Fsp3) is 0.667. The van der Waals surface area contributed by atoms with Crippen LogP contribution in [0.5, 0.6) is 0 Å². The topological polar surface area (TPSA) is 45.2 Å². The molecule has 4 heteroatoms. The zero-order valence-electron chi connectivity index (χ0n) is 8.08. The first-order chi connectivity index (χ1) is 6.27. The molecule has 0 aromatic carbocycles. The zero-order chi connectivity index (χ0) is 9.68. The number of aromatic nitrogens is 1. The van der Waals surface area contributed by atoms with Crippen molar-refractivity contribution in [1.82, 2.24) is 10.3 Å². The standard InChI is InChI=1S/C9H16N2OS/c1-3-4-10-7(2)8-5-11-9(6-12)13-8/h5,7,10,12H,3-4,6H2,1-2H3. The first-order valence-electron chi connectivity index (χ1n) is 4.56. The number of thiazole rings is 1. The molecule has 0 bridgehead atoms. The van der Waals surface area contributed by atoms with Gasteiger partial charge in [-0.25, -0.2) is 4.98 Å². The second-order valence-corrected chi connectivity index (χ2v) is 4.14. The quantitative estimate of drug-likeness (QED) is 0.760. The van der Waals surface area contributed by atoms with Crippen molar-refractivity contribution < 1.29 is 5.11 Å². The number of rotatable bonds is 5. The highest BCUT2D eigenvalue weighted by atomic mass is 32.1. The molecule has 0 saturated carbocycles. The van der Waals surface area contributed by atoms with E-state index in [9.17, 15) is 0 Å². The van der Waals surface area contributed by atoms with Crippen LogP contribution in [-0.4, -0.2) is 16.6 Å². The van der Waals surface area contributed by atoms with Crippen molar-refractivity contribution in [3.63, 3.8) is 0 Å². The summed E-state index contributed by atoms with van der Waals surface area (Å²) in [7, 11) is 0. The maximum absolute atomic E-state index is 8.84. The first-order valence-corrected chi connectivity index (χ1v) is 5.38. The van der Waals surface area contributed by atoms with Crippen LogP contribution in [0.1, 0.15) is 36.2 Å². The van der Waals surface area contributed by atoms with Gasteiger partial charge in [0.1, 0.15) is 5.01 Å². The molecule has 13 heavy (non-hydrogen) atoms. The van der Waals surface area contributed by atoms with Crippen LogP contribution >= 0.6 is 11.3 Å². The summed E-state index contributed by atoms with van der Waals surface area (Å²) in [4.78, 5) is 5.28. The predicted octanol–water partition coefficient (Wildman–Crippen LogP) is 1.70. The summed E-state index contributed by atoms with van der Waals surface area (Å²) >= 11 is 1.57. The first kappa shape index (κ1) is 10.6. The van der Waals surface area contributed by atoms with Crippen LogP contribution < -0.4 is 5.32 Å². The smallest absolute Gasteiger partial charge is 0.118 e. The van der Waals surface area contributed by atoms with E-state index in [0.717, 1.165) is 18.0 Å². The monoisotopic (exact) mass is 200 g/mol. The molecule has 1 aromatic heterocycles. The van der Waals surface area contributed by atoms with Gasteiger partial charge < -0.3 is 10.4 Å². The minimum Gasteiger partial charge on any atom is -0.389 e. The van der Waals surface area contributed by atoms with Crippen molar-refractivity contribution in [3.8, 4) is 0 Å². The lowest BCUT2D eigenvalue weighted by molar-refractivity contribution is 0.281. The van der Waals surface area contributed by atoms with Crippen LogP contribution in [-0.2, 0) is 6.61 Å². The Balaban J connectivity index is 2.50. The largest absolute Gasteiger partial charge is 0.389 e. The van der Waals surface area contributed by atoms with E-state index in [0.29, 0.717) is 6.04 Å². The number of nitrogens with one attached hydrogen (secondary N) is 1. The van der Waals surface area contributed by atoms with Crippen molar-refractivity contribution in [1.29, 1.82) is 0 Å². The summed E-state index contributed by atoms with van der Waals surface area (Å²) in [6, 6.07) is 0.345. The zero-order valence-corrected chi connectivity index (χ0v) is 8.90. The molecule has 3 nitrogen and oxygen atoms in total. The van der Waals surface area contributed by atoms with Crippen LogP contribution in [0.4, 0.5) is 0 Å². The van der Waals surface area contributed by atoms with Gasteiger partial charge in [0, 0.05) is 17.1 Å². The lowest BCUT2D eigenvalue weighted by Crippen LogP contribution is -2.18. The molecule has 1 unspecified atom stereocenters. The minimum absolute atomic E-state index is 0.0468. The molecule has 1 atom stereocenters. The van der Waals surface area contributed by atoms with E-state index >= 15 is 0 Å². The Morgan fingerprint density at radius 3 is 3.00 bits per heavy atom. The second-order valence-electron chi connectivity index (χ2n) is 2.99. The van der Waals surface area contributed by atoms with Crippen LogP contribution in [0.25, 0.3) is 0 Å². The van der Waals surface area contributed by atoms with Gasteiger partial charge in [-0.05, 0) is 19.9 Å². The predicted molar refractivity (Wildman–Crippen MR) is 54.7 cm³/mol.